The third kappa shape index (κ3) is 4.58. The van der Waals surface area contributed by atoms with Crippen LogP contribution in [0.4, 0.5) is 0 Å². The molecular weight excluding hydrogens is 282 g/mol. The van der Waals surface area contributed by atoms with Gasteiger partial charge in [-0.25, -0.2) is 0 Å². The smallest absolute Gasteiger partial charge is 0.237 e. The minimum absolute atomic E-state index is 0.305. The standard InChI is InChI=1S/C16H23N3OS/c1-5-17-12(4)13-6-8-14(9-7-13)21-10-15-18-16(11(2)3)19-20-15/h6-9,11-12,17H,5,10H2,1-4H3. The maximum Gasteiger partial charge on any atom is 0.237 e. The zero-order valence-corrected chi connectivity index (χ0v) is 13.9. The lowest BCUT2D eigenvalue weighted by Gasteiger charge is -2.12. The van der Waals surface area contributed by atoms with Crippen molar-refractivity contribution < 1.29 is 4.52 Å². The number of benzene rings is 1. The lowest BCUT2D eigenvalue weighted by molar-refractivity contribution is 0.383. The Morgan fingerprint density at radius 2 is 1.90 bits per heavy atom. The van der Waals surface area contributed by atoms with Crippen LogP contribution in [0, 0.1) is 0 Å². The van der Waals surface area contributed by atoms with E-state index in [0.717, 1.165) is 12.4 Å². The first-order chi connectivity index (χ1) is 10.1. The summed E-state index contributed by atoms with van der Waals surface area (Å²) >= 11 is 1.72. The summed E-state index contributed by atoms with van der Waals surface area (Å²) in [6, 6.07) is 9.02. The van der Waals surface area contributed by atoms with Crippen molar-refractivity contribution in [2.75, 3.05) is 6.54 Å². The van der Waals surface area contributed by atoms with Crippen molar-refractivity contribution >= 4 is 11.8 Å². The van der Waals surface area contributed by atoms with E-state index in [2.05, 4.69) is 67.4 Å². The average Bonchev–Trinajstić information content (AvgIpc) is 2.95. The fourth-order valence-electron chi connectivity index (χ4n) is 1.98. The first-order valence-electron chi connectivity index (χ1n) is 7.38. The van der Waals surface area contributed by atoms with Crippen LogP contribution in [0.25, 0.3) is 0 Å². The molecule has 0 aliphatic rings. The molecule has 1 unspecified atom stereocenters. The van der Waals surface area contributed by atoms with Gasteiger partial charge < -0.3 is 9.84 Å². The van der Waals surface area contributed by atoms with Crippen molar-refractivity contribution in [1.82, 2.24) is 15.5 Å². The molecule has 1 heterocycles. The highest BCUT2D eigenvalue weighted by Crippen LogP contribution is 2.24. The predicted octanol–water partition coefficient (Wildman–Crippen LogP) is 4.16. The summed E-state index contributed by atoms with van der Waals surface area (Å²) in [6.45, 7) is 9.40. The van der Waals surface area contributed by atoms with Crippen LogP contribution >= 0.6 is 11.8 Å². The molecule has 1 aromatic carbocycles. The number of nitrogens with one attached hydrogen (secondary N) is 1. The van der Waals surface area contributed by atoms with Gasteiger partial charge in [0.1, 0.15) is 0 Å². The second-order valence-electron chi connectivity index (χ2n) is 5.34. The van der Waals surface area contributed by atoms with Crippen LogP contribution in [-0.2, 0) is 5.75 Å². The molecule has 0 amide bonds. The second kappa shape index (κ2) is 7.61. The third-order valence-electron chi connectivity index (χ3n) is 3.25. The zero-order chi connectivity index (χ0) is 15.2. The van der Waals surface area contributed by atoms with E-state index in [1.165, 1.54) is 10.5 Å². The Hall–Kier alpha value is -1.33. The Morgan fingerprint density at radius 3 is 2.48 bits per heavy atom. The van der Waals surface area contributed by atoms with Crippen LogP contribution in [0.2, 0.25) is 0 Å². The van der Waals surface area contributed by atoms with Crippen LogP contribution in [0.15, 0.2) is 33.7 Å². The van der Waals surface area contributed by atoms with E-state index in [-0.39, 0.29) is 0 Å². The van der Waals surface area contributed by atoms with Gasteiger partial charge in [-0.2, -0.15) is 4.98 Å². The minimum atomic E-state index is 0.305. The molecule has 0 aliphatic heterocycles. The highest BCUT2D eigenvalue weighted by molar-refractivity contribution is 7.98. The maximum atomic E-state index is 5.25. The topological polar surface area (TPSA) is 51.0 Å². The summed E-state index contributed by atoms with van der Waals surface area (Å²) in [6.07, 6.45) is 0. The Labute approximate surface area is 130 Å². The summed E-state index contributed by atoms with van der Waals surface area (Å²) in [5.74, 6) is 2.48. The zero-order valence-electron chi connectivity index (χ0n) is 13.1. The molecule has 21 heavy (non-hydrogen) atoms. The van der Waals surface area contributed by atoms with Crippen LogP contribution in [0.5, 0.6) is 0 Å². The van der Waals surface area contributed by atoms with Crippen LogP contribution in [0.1, 0.15) is 56.9 Å². The number of thioether (sulfide) groups is 1. The molecule has 2 rings (SSSR count). The largest absolute Gasteiger partial charge is 0.338 e. The first kappa shape index (κ1) is 16.0. The van der Waals surface area contributed by atoms with E-state index in [9.17, 15) is 0 Å². The SMILES string of the molecule is CCNC(C)c1ccc(SCc2nc(C(C)C)no2)cc1. The summed E-state index contributed by atoms with van der Waals surface area (Å²) in [5.41, 5.74) is 1.31. The van der Waals surface area contributed by atoms with Gasteiger partial charge >= 0.3 is 0 Å². The van der Waals surface area contributed by atoms with Gasteiger partial charge in [0.15, 0.2) is 5.82 Å². The Kier molecular flexibility index (Phi) is 5.82. The lowest BCUT2D eigenvalue weighted by atomic mass is 10.1. The molecule has 1 aromatic heterocycles. The third-order valence-corrected chi connectivity index (χ3v) is 4.25. The highest BCUT2D eigenvalue weighted by Gasteiger charge is 2.10. The van der Waals surface area contributed by atoms with Gasteiger partial charge in [-0.05, 0) is 31.2 Å². The fraction of sp³-hybridized carbons (Fsp3) is 0.500. The predicted molar refractivity (Wildman–Crippen MR) is 86.5 cm³/mol. The molecule has 114 valence electrons. The molecule has 1 N–H and O–H groups in total. The number of rotatable bonds is 7. The molecule has 1 atom stereocenters. The fourth-order valence-corrected chi connectivity index (χ4v) is 2.72. The van der Waals surface area contributed by atoms with E-state index in [0.29, 0.717) is 23.6 Å². The van der Waals surface area contributed by atoms with Gasteiger partial charge in [-0.1, -0.05) is 38.1 Å². The van der Waals surface area contributed by atoms with Crippen molar-refractivity contribution in [3.8, 4) is 0 Å². The van der Waals surface area contributed by atoms with E-state index in [1.807, 2.05) is 0 Å². The normalized spacial score (nSPS) is 12.8. The van der Waals surface area contributed by atoms with Gasteiger partial charge in [0, 0.05) is 16.9 Å². The van der Waals surface area contributed by atoms with Crippen molar-refractivity contribution in [2.24, 2.45) is 0 Å². The molecule has 0 fully saturated rings. The average molecular weight is 305 g/mol. The van der Waals surface area contributed by atoms with Crippen molar-refractivity contribution in [3.05, 3.63) is 41.5 Å². The molecule has 0 radical (unpaired) electrons. The quantitative estimate of drug-likeness (QED) is 0.779. The molecular formula is C16H23N3OS. The first-order valence-corrected chi connectivity index (χ1v) is 8.37. The van der Waals surface area contributed by atoms with Crippen molar-refractivity contribution in [3.63, 3.8) is 0 Å². The Bertz CT molecular complexity index is 551. The summed E-state index contributed by atoms with van der Waals surface area (Å²) in [7, 11) is 0. The minimum Gasteiger partial charge on any atom is -0.338 e. The Morgan fingerprint density at radius 1 is 1.19 bits per heavy atom. The maximum absolute atomic E-state index is 5.25. The number of nitrogens with zero attached hydrogens (tertiary/aromatic N) is 2. The summed E-state index contributed by atoms with van der Waals surface area (Å²) in [4.78, 5) is 5.60. The lowest BCUT2D eigenvalue weighted by Crippen LogP contribution is -2.17. The van der Waals surface area contributed by atoms with Gasteiger partial charge in [0.25, 0.3) is 0 Å². The van der Waals surface area contributed by atoms with Gasteiger partial charge in [-0.15, -0.1) is 11.8 Å². The van der Waals surface area contributed by atoms with Crippen LogP contribution < -0.4 is 5.32 Å². The van der Waals surface area contributed by atoms with Crippen molar-refractivity contribution in [1.29, 1.82) is 0 Å². The van der Waals surface area contributed by atoms with E-state index in [4.69, 9.17) is 4.52 Å². The second-order valence-corrected chi connectivity index (χ2v) is 6.39. The highest BCUT2D eigenvalue weighted by atomic mass is 32.2. The van der Waals surface area contributed by atoms with Gasteiger partial charge in [-0.3, -0.25) is 0 Å². The molecule has 5 heteroatoms. The van der Waals surface area contributed by atoms with E-state index < -0.39 is 0 Å². The summed E-state index contributed by atoms with van der Waals surface area (Å²) < 4.78 is 5.25. The van der Waals surface area contributed by atoms with Crippen LogP contribution in [0.3, 0.4) is 0 Å². The molecule has 2 aromatic rings. The van der Waals surface area contributed by atoms with Crippen LogP contribution in [-0.4, -0.2) is 16.7 Å². The molecule has 0 spiro atoms. The number of aromatic nitrogens is 2. The number of hydrogen-bond acceptors (Lipinski definition) is 5. The molecule has 0 bridgehead atoms. The molecule has 0 saturated carbocycles. The molecule has 0 saturated heterocycles. The summed E-state index contributed by atoms with van der Waals surface area (Å²) in [5, 5.41) is 7.39. The van der Waals surface area contributed by atoms with Gasteiger partial charge in [0.2, 0.25) is 5.89 Å². The molecule has 4 nitrogen and oxygen atoms in total. The monoisotopic (exact) mass is 305 g/mol. The van der Waals surface area contributed by atoms with Crippen molar-refractivity contribution in [2.45, 2.75) is 50.3 Å². The molecule has 0 aliphatic carbocycles. The Balaban J connectivity index is 1.91. The number of hydrogen-bond donors (Lipinski definition) is 1. The van der Waals surface area contributed by atoms with E-state index in [1.54, 1.807) is 11.8 Å². The van der Waals surface area contributed by atoms with E-state index >= 15 is 0 Å². The van der Waals surface area contributed by atoms with Gasteiger partial charge in [0.05, 0.1) is 5.75 Å².